The Morgan fingerprint density at radius 3 is 1.19 bits per heavy atom. The van der Waals surface area contributed by atoms with E-state index in [2.05, 4.69) is 130 Å². The molecule has 0 saturated carbocycles. The molecule has 0 heterocycles. The standard InChI is InChI=1S/C62H99O11P/c1-4-7-10-13-16-19-22-25-28-29-32-35-38-41-44-47-50-53-62(66)73-59(55-69-60(64)51-48-45-42-39-36-33-30-26-23-20-17-14-11-8-5-2)57-71-74(67,68)70-56-58(54-63)72-61(65)52-49-46-43-40-37-34-31-27-24-21-18-15-12-9-6-3/h7,9-10,12,16-21,25-28,30-32,35,37,40,46,49,58-59,63H,4-6,8,11,13-15,22-24,29,33-34,36,38-39,41-45,47-48,50-57H2,1-3H3,(H,67,68)/b10-7-,12-9-,19-16-,20-17-,21-18-,28-25-,30-26-,31-27-,35-32-,40-37-,49-46-. The summed E-state index contributed by atoms with van der Waals surface area (Å²) in [5.41, 5.74) is 0. The van der Waals surface area contributed by atoms with Crippen LogP contribution in [-0.4, -0.2) is 66.5 Å². The van der Waals surface area contributed by atoms with Gasteiger partial charge in [-0.3, -0.25) is 23.4 Å². The number of hydrogen-bond acceptors (Lipinski definition) is 10. The minimum atomic E-state index is -4.79. The number of aliphatic hydroxyl groups is 1. The summed E-state index contributed by atoms with van der Waals surface area (Å²) < 4.78 is 39.3. The summed E-state index contributed by atoms with van der Waals surface area (Å²) in [5, 5.41) is 9.79. The Balaban J connectivity index is 4.90. The number of allylic oxidation sites excluding steroid dienone is 21. The van der Waals surface area contributed by atoms with Gasteiger partial charge < -0.3 is 24.2 Å². The van der Waals surface area contributed by atoms with E-state index in [-0.39, 0.29) is 25.9 Å². The highest BCUT2D eigenvalue weighted by Gasteiger charge is 2.28. The van der Waals surface area contributed by atoms with Crippen LogP contribution in [-0.2, 0) is 42.2 Å². The molecule has 0 rings (SSSR count). The quantitative estimate of drug-likeness (QED) is 0.0197. The van der Waals surface area contributed by atoms with Crippen molar-refractivity contribution in [2.45, 2.75) is 213 Å². The monoisotopic (exact) mass is 1050 g/mol. The number of carbonyl (C=O) groups is 3. The normalized spacial score (nSPS) is 14.4. The van der Waals surface area contributed by atoms with Gasteiger partial charge in [-0.05, 0) is 116 Å². The van der Waals surface area contributed by atoms with Gasteiger partial charge in [0, 0.05) is 12.8 Å². The maximum atomic E-state index is 12.9. The third-order valence-corrected chi connectivity index (χ3v) is 12.0. The lowest BCUT2D eigenvalue weighted by molar-refractivity contribution is -0.161. The van der Waals surface area contributed by atoms with E-state index in [4.69, 9.17) is 23.3 Å². The molecule has 12 heteroatoms. The van der Waals surface area contributed by atoms with Crippen LogP contribution in [0.2, 0.25) is 0 Å². The predicted molar refractivity (Wildman–Crippen MR) is 306 cm³/mol. The van der Waals surface area contributed by atoms with Crippen molar-refractivity contribution in [3.63, 3.8) is 0 Å². The lowest BCUT2D eigenvalue weighted by Gasteiger charge is -2.21. The number of rotatable bonds is 50. The SMILES string of the molecule is CC/C=C\C/C=C\C/C=C\C/C=C\C/C=C\CC(=O)OC(CO)COP(=O)(O)OCC(COC(=O)CCCCCCC/C=C\C/C=C\CCCCC)OC(=O)CCCCCC/C=C\C/C=C\C/C=C\C/C=C\CC. The Morgan fingerprint density at radius 2 is 0.757 bits per heavy atom. The first-order valence-electron chi connectivity index (χ1n) is 28.1. The zero-order valence-corrected chi connectivity index (χ0v) is 46.9. The van der Waals surface area contributed by atoms with Crippen molar-refractivity contribution in [3.05, 3.63) is 134 Å². The summed E-state index contributed by atoms with van der Waals surface area (Å²) in [6.07, 6.45) is 68.7. The van der Waals surface area contributed by atoms with E-state index in [0.717, 1.165) is 122 Å². The minimum absolute atomic E-state index is 0.0648. The first kappa shape index (κ1) is 69.6. The topological polar surface area (TPSA) is 155 Å². The van der Waals surface area contributed by atoms with Crippen LogP contribution in [0, 0.1) is 0 Å². The Morgan fingerprint density at radius 1 is 0.405 bits per heavy atom. The maximum Gasteiger partial charge on any atom is 0.472 e. The maximum absolute atomic E-state index is 12.9. The van der Waals surface area contributed by atoms with E-state index in [1.807, 2.05) is 18.2 Å². The fourth-order valence-corrected chi connectivity index (χ4v) is 7.65. The van der Waals surface area contributed by atoms with Gasteiger partial charge in [0.2, 0.25) is 0 Å². The Labute approximate surface area is 449 Å². The fraction of sp³-hybridized carbons (Fsp3) is 0.597. The number of hydrogen-bond donors (Lipinski definition) is 2. The van der Waals surface area contributed by atoms with Gasteiger partial charge in [-0.25, -0.2) is 4.57 Å². The van der Waals surface area contributed by atoms with Gasteiger partial charge in [-0.1, -0.05) is 199 Å². The number of phosphoric acid groups is 1. The minimum Gasteiger partial charge on any atom is -0.462 e. The third-order valence-electron chi connectivity index (χ3n) is 11.1. The molecule has 0 spiro atoms. The zero-order chi connectivity index (χ0) is 54.1. The molecule has 11 nitrogen and oxygen atoms in total. The van der Waals surface area contributed by atoms with E-state index in [9.17, 15) is 28.9 Å². The molecule has 2 N–H and O–H groups in total. The van der Waals surface area contributed by atoms with E-state index in [1.54, 1.807) is 6.08 Å². The number of unbranched alkanes of at least 4 members (excludes halogenated alkanes) is 12. The molecule has 0 bridgehead atoms. The van der Waals surface area contributed by atoms with Gasteiger partial charge in [0.1, 0.15) is 12.7 Å². The Bertz CT molecular complexity index is 1750. The molecule has 0 fully saturated rings. The van der Waals surface area contributed by atoms with Crippen molar-refractivity contribution < 1.29 is 52.2 Å². The molecule has 0 aliphatic rings. The molecular weight excluding hydrogens is 952 g/mol. The summed E-state index contributed by atoms with van der Waals surface area (Å²) in [6.45, 7) is 4.21. The van der Waals surface area contributed by atoms with Gasteiger partial charge in [0.15, 0.2) is 6.10 Å². The smallest absolute Gasteiger partial charge is 0.462 e. The average Bonchev–Trinajstić information content (AvgIpc) is 3.39. The highest BCUT2D eigenvalue weighted by Crippen LogP contribution is 2.43. The lowest BCUT2D eigenvalue weighted by Crippen LogP contribution is -2.30. The zero-order valence-electron chi connectivity index (χ0n) is 46.0. The molecule has 0 aromatic rings. The molecule has 0 aliphatic heterocycles. The highest BCUT2D eigenvalue weighted by molar-refractivity contribution is 7.47. The number of ether oxygens (including phenoxy) is 3. The van der Waals surface area contributed by atoms with Gasteiger partial charge in [0.05, 0.1) is 26.2 Å². The summed E-state index contributed by atoms with van der Waals surface area (Å²) in [4.78, 5) is 48.4. The van der Waals surface area contributed by atoms with E-state index >= 15 is 0 Å². The van der Waals surface area contributed by atoms with Gasteiger partial charge in [0.25, 0.3) is 0 Å². The number of phosphoric ester groups is 1. The van der Waals surface area contributed by atoms with Crippen molar-refractivity contribution in [1.29, 1.82) is 0 Å². The first-order chi connectivity index (χ1) is 36.2. The van der Waals surface area contributed by atoms with Gasteiger partial charge in [-0.2, -0.15) is 0 Å². The number of esters is 3. The van der Waals surface area contributed by atoms with Crippen molar-refractivity contribution in [2.24, 2.45) is 0 Å². The van der Waals surface area contributed by atoms with Gasteiger partial charge >= 0.3 is 25.7 Å². The molecule has 0 aromatic heterocycles. The van der Waals surface area contributed by atoms with Crippen LogP contribution in [0.25, 0.3) is 0 Å². The number of carbonyl (C=O) groups excluding carboxylic acids is 3. The molecule has 0 saturated heterocycles. The molecule has 0 amide bonds. The van der Waals surface area contributed by atoms with Crippen molar-refractivity contribution in [1.82, 2.24) is 0 Å². The van der Waals surface area contributed by atoms with Gasteiger partial charge in [-0.15, -0.1) is 0 Å². The summed E-state index contributed by atoms with van der Waals surface area (Å²) in [7, 11) is -4.79. The largest absolute Gasteiger partial charge is 0.472 e. The first-order valence-corrected chi connectivity index (χ1v) is 29.6. The summed E-state index contributed by atoms with van der Waals surface area (Å²) >= 11 is 0. The molecular formula is C62H99O11P. The summed E-state index contributed by atoms with van der Waals surface area (Å²) in [6, 6.07) is 0. The Hall–Kier alpha value is -4.38. The van der Waals surface area contributed by atoms with Crippen LogP contribution >= 0.6 is 7.82 Å². The van der Waals surface area contributed by atoms with Crippen LogP contribution in [0.1, 0.15) is 201 Å². The second kappa shape index (κ2) is 54.9. The van der Waals surface area contributed by atoms with Crippen LogP contribution in [0.15, 0.2) is 134 Å². The van der Waals surface area contributed by atoms with Crippen molar-refractivity contribution in [3.8, 4) is 0 Å². The number of aliphatic hydroxyl groups excluding tert-OH is 1. The lowest BCUT2D eigenvalue weighted by atomic mass is 10.1. The fourth-order valence-electron chi connectivity index (χ4n) is 6.86. The van der Waals surface area contributed by atoms with Crippen LogP contribution in [0.5, 0.6) is 0 Å². The van der Waals surface area contributed by atoms with E-state index in [1.165, 1.54) is 19.3 Å². The summed E-state index contributed by atoms with van der Waals surface area (Å²) in [5.74, 6) is -1.66. The van der Waals surface area contributed by atoms with Crippen LogP contribution in [0.3, 0.4) is 0 Å². The van der Waals surface area contributed by atoms with Crippen LogP contribution in [0.4, 0.5) is 0 Å². The van der Waals surface area contributed by atoms with Crippen molar-refractivity contribution >= 4 is 25.7 Å². The molecule has 0 radical (unpaired) electrons. The molecule has 74 heavy (non-hydrogen) atoms. The second-order valence-electron chi connectivity index (χ2n) is 18.0. The predicted octanol–water partition coefficient (Wildman–Crippen LogP) is 16.6. The van der Waals surface area contributed by atoms with E-state index < -0.39 is 57.8 Å². The molecule has 418 valence electrons. The van der Waals surface area contributed by atoms with E-state index in [0.29, 0.717) is 19.3 Å². The highest BCUT2D eigenvalue weighted by atomic mass is 31.2. The van der Waals surface area contributed by atoms with Crippen LogP contribution < -0.4 is 0 Å². The average molecular weight is 1050 g/mol. The molecule has 0 aliphatic carbocycles. The Kier molecular flexibility index (Phi) is 51.6. The second-order valence-corrected chi connectivity index (χ2v) is 19.4. The third kappa shape index (κ3) is 52.5. The molecule has 3 atom stereocenters. The van der Waals surface area contributed by atoms with Crippen molar-refractivity contribution in [2.75, 3.05) is 26.4 Å². The molecule has 0 aromatic carbocycles. The molecule has 3 unspecified atom stereocenters.